The molecule has 1 atom stereocenters. The highest BCUT2D eigenvalue weighted by Crippen LogP contribution is 2.25. The van der Waals surface area contributed by atoms with Gasteiger partial charge in [-0.05, 0) is 37.1 Å². The molecule has 1 N–H and O–H groups in total. The van der Waals surface area contributed by atoms with E-state index in [1.807, 2.05) is 4.90 Å². The van der Waals surface area contributed by atoms with Crippen molar-refractivity contribution in [3.8, 4) is 17.3 Å². The van der Waals surface area contributed by atoms with E-state index in [0.717, 1.165) is 16.7 Å². The number of alkyl halides is 2. The van der Waals surface area contributed by atoms with E-state index in [4.69, 9.17) is 4.74 Å². The zero-order chi connectivity index (χ0) is 23.5. The van der Waals surface area contributed by atoms with Crippen molar-refractivity contribution in [3.63, 3.8) is 0 Å². The third kappa shape index (κ3) is 5.07. The van der Waals surface area contributed by atoms with Gasteiger partial charge in [0.05, 0.1) is 19.2 Å². The largest absolute Gasteiger partial charge is 0.481 e. The maximum absolute atomic E-state index is 13.0. The minimum atomic E-state index is -2.70. The van der Waals surface area contributed by atoms with E-state index in [2.05, 4.69) is 25.4 Å². The number of carbonyl (C=O) groups excluding carboxylic acids is 1. The van der Waals surface area contributed by atoms with E-state index >= 15 is 0 Å². The molecule has 0 bridgehead atoms. The second-order valence-electron chi connectivity index (χ2n) is 7.90. The summed E-state index contributed by atoms with van der Waals surface area (Å²) in [5, 5.41) is 7.44. The lowest BCUT2D eigenvalue weighted by Gasteiger charge is -2.18. The van der Waals surface area contributed by atoms with Crippen LogP contribution in [0, 0.1) is 6.92 Å². The minimum absolute atomic E-state index is 0.0445. The molecule has 9 nitrogen and oxygen atoms in total. The SMILES string of the molecule is COc1cc(CC(=O)N2CC[C@H](Nc3ccc(-c4nc(C(F)F)n(C)n4)c(C)n3)C2)ccn1. The van der Waals surface area contributed by atoms with E-state index in [9.17, 15) is 13.6 Å². The molecule has 1 amide bonds. The van der Waals surface area contributed by atoms with Crippen molar-refractivity contribution < 1.29 is 18.3 Å². The van der Waals surface area contributed by atoms with E-state index in [1.165, 1.54) is 7.05 Å². The molecule has 4 heterocycles. The molecule has 4 rings (SSSR count). The molecule has 0 unspecified atom stereocenters. The molecule has 3 aromatic heterocycles. The topological polar surface area (TPSA) is 98.1 Å². The van der Waals surface area contributed by atoms with Crippen molar-refractivity contribution in [3.05, 3.63) is 47.5 Å². The molecule has 1 aliphatic heterocycles. The monoisotopic (exact) mass is 457 g/mol. The number of hydrogen-bond acceptors (Lipinski definition) is 7. The summed E-state index contributed by atoms with van der Waals surface area (Å²) in [6.45, 7) is 3.01. The van der Waals surface area contributed by atoms with Crippen LogP contribution in [0.5, 0.6) is 5.88 Å². The van der Waals surface area contributed by atoms with Crippen LogP contribution in [-0.4, -0.2) is 61.8 Å². The van der Waals surface area contributed by atoms with Crippen LogP contribution >= 0.6 is 0 Å². The number of nitrogens with one attached hydrogen (secondary N) is 1. The number of carbonyl (C=O) groups is 1. The standard InChI is InChI=1S/C22H25F2N7O2/c1-13-16(21-28-22(20(23)24)30(2)29-21)4-5-17(26-13)27-15-7-9-31(12-15)19(32)11-14-6-8-25-18(10-14)33-3/h4-6,8,10,15,20H,7,9,11-12H2,1-3H3,(H,26,27)/t15-/m0/s1. The van der Waals surface area contributed by atoms with E-state index in [0.29, 0.717) is 36.0 Å². The Balaban J connectivity index is 1.37. The number of nitrogens with zero attached hydrogens (tertiary/aromatic N) is 6. The Morgan fingerprint density at radius 1 is 1.30 bits per heavy atom. The second kappa shape index (κ2) is 9.47. The number of methoxy groups -OCH3 is 1. The quantitative estimate of drug-likeness (QED) is 0.583. The van der Waals surface area contributed by atoms with Crippen LogP contribution in [-0.2, 0) is 18.3 Å². The molecule has 1 fully saturated rings. The predicted molar refractivity (Wildman–Crippen MR) is 117 cm³/mol. The van der Waals surface area contributed by atoms with E-state index < -0.39 is 6.43 Å². The number of aryl methyl sites for hydroxylation is 2. The summed E-state index contributed by atoms with van der Waals surface area (Å²) in [6, 6.07) is 7.18. The minimum Gasteiger partial charge on any atom is -0.481 e. The molecule has 174 valence electrons. The Labute approximate surface area is 189 Å². The molecule has 0 saturated carbocycles. The van der Waals surface area contributed by atoms with Gasteiger partial charge in [-0.2, -0.15) is 5.10 Å². The Hall–Kier alpha value is -3.63. The number of pyridine rings is 2. The van der Waals surface area contributed by atoms with Crippen LogP contribution in [0.3, 0.4) is 0 Å². The number of rotatable bonds is 7. The Morgan fingerprint density at radius 3 is 2.82 bits per heavy atom. The first kappa shape index (κ1) is 22.6. The highest BCUT2D eigenvalue weighted by molar-refractivity contribution is 5.79. The zero-order valence-electron chi connectivity index (χ0n) is 18.6. The average molecular weight is 457 g/mol. The molecule has 33 heavy (non-hydrogen) atoms. The molecule has 11 heteroatoms. The van der Waals surface area contributed by atoms with Gasteiger partial charge < -0.3 is 15.0 Å². The molecule has 0 aromatic carbocycles. The van der Waals surface area contributed by atoms with Crippen LogP contribution in [0.25, 0.3) is 11.4 Å². The summed E-state index contributed by atoms with van der Waals surface area (Å²) >= 11 is 0. The fraction of sp³-hybridized carbons (Fsp3) is 0.409. The zero-order valence-corrected chi connectivity index (χ0v) is 18.6. The van der Waals surface area contributed by atoms with Gasteiger partial charge in [0.25, 0.3) is 6.43 Å². The lowest BCUT2D eigenvalue weighted by molar-refractivity contribution is -0.129. The molecule has 1 saturated heterocycles. The molecule has 0 radical (unpaired) electrons. The highest BCUT2D eigenvalue weighted by atomic mass is 19.3. The maximum Gasteiger partial charge on any atom is 0.297 e. The average Bonchev–Trinajstić information content (AvgIpc) is 3.41. The van der Waals surface area contributed by atoms with Crippen LogP contribution in [0.15, 0.2) is 30.5 Å². The van der Waals surface area contributed by atoms with Crippen LogP contribution < -0.4 is 10.1 Å². The summed E-state index contributed by atoms with van der Waals surface area (Å²) in [5.41, 5.74) is 2.08. The Kier molecular flexibility index (Phi) is 6.47. The first-order chi connectivity index (χ1) is 15.8. The van der Waals surface area contributed by atoms with Crippen molar-refractivity contribution in [2.24, 2.45) is 7.05 Å². The summed E-state index contributed by atoms with van der Waals surface area (Å²) in [6.07, 6.45) is 0.0180. The van der Waals surface area contributed by atoms with Gasteiger partial charge in [-0.15, -0.1) is 0 Å². The first-order valence-electron chi connectivity index (χ1n) is 10.5. The second-order valence-corrected chi connectivity index (χ2v) is 7.90. The highest BCUT2D eigenvalue weighted by Gasteiger charge is 2.27. The molecular formula is C22H25F2N7O2. The number of likely N-dealkylation sites (tertiary alicyclic amines) is 1. The Bertz CT molecular complexity index is 1150. The van der Waals surface area contributed by atoms with Crippen molar-refractivity contribution >= 4 is 11.7 Å². The van der Waals surface area contributed by atoms with Crippen molar-refractivity contribution in [2.45, 2.75) is 32.2 Å². The molecule has 3 aromatic rings. The van der Waals surface area contributed by atoms with Crippen LogP contribution in [0.2, 0.25) is 0 Å². The number of halogens is 2. The van der Waals surface area contributed by atoms with E-state index in [-0.39, 0.29) is 30.0 Å². The third-order valence-corrected chi connectivity index (χ3v) is 5.58. The molecule has 0 spiro atoms. The van der Waals surface area contributed by atoms with Crippen molar-refractivity contribution in [1.29, 1.82) is 0 Å². The normalized spacial score (nSPS) is 15.8. The molecule has 1 aliphatic rings. The lowest BCUT2D eigenvalue weighted by atomic mass is 10.2. The van der Waals surface area contributed by atoms with Gasteiger partial charge in [-0.1, -0.05) is 0 Å². The number of amides is 1. The summed E-state index contributed by atoms with van der Waals surface area (Å²) in [4.78, 5) is 27.1. The number of anilines is 1. The number of hydrogen-bond donors (Lipinski definition) is 1. The van der Waals surface area contributed by atoms with Gasteiger partial charge in [0, 0.05) is 44.0 Å². The van der Waals surface area contributed by atoms with Crippen molar-refractivity contribution in [2.75, 3.05) is 25.5 Å². The van der Waals surface area contributed by atoms with Gasteiger partial charge in [-0.3, -0.25) is 4.79 Å². The van der Waals surface area contributed by atoms with Crippen LogP contribution in [0.4, 0.5) is 14.6 Å². The summed E-state index contributed by atoms with van der Waals surface area (Å²) in [5.74, 6) is 1.02. The summed E-state index contributed by atoms with van der Waals surface area (Å²) < 4.78 is 32.2. The van der Waals surface area contributed by atoms with Gasteiger partial charge in [0.2, 0.25) is 11.8 Å². The van der Waals surface area contributed by atoms with Gasteiger partial charge >= 0.3 is 0 Å². The molecule has 0 aliphatic carbocycles. The van der Waals surface area contributed by atoms with Gasteiger partial charge in [-0.25, -0.2) is 28.4 Å². The Morgan fingerprint density at radius 2 is 2.12 bits per heavy atom. The summed E-state index contributed by atoms with van der Waals surface area (Å²) in [7, 11) is 2.98. The maximum atomic E-state index is 13.0. The van der Waals surface area contributed by atoms with E-state index in [1.54, 1.807) is 44.5 Å². The number of aromatic nitrogens is 5. The lowest BCUT2D eigenvalue weighted by Crippen LogP contribution is -2.32. The fourth-order valence-electron chi connectivity index (χ4n) is 3.85. The van der Waals surface area contributed by atoms with Crippen LogP contribution in [0.1, 0.15) is 29.9 Å². The van der Waals surface area contributed by atoms with Crippen molar-refractivity contribution in [1.82, 2.24) is 29.6 Å². The first-order valence-corrected chi connectivity index (χ1v) is 10.5. The molecular weight excluding hydrogens is 432 g/mol. The van der Waals surface area contributed by atoms with Gasteiger partial charge in [0.15, 0.2) is 11.6 Å². The van der Waals surface area contributed by atoms with Gasteiger partial charge in [0.1, 0.15) is 5.82 Å². The third-order valence-electron chi connectivity index (χ3n) is 5.58. The predicted octanol–water partition coefficient (Wildman–Crippen LogP) is 2.78. The smallest absolute Gasteiger partial charge is 0.297 e. The fourth-order valence-corrected chi connectivity index (χ4v) is 3.85. The number of ether oxygens (including phenoxy) is 1.